The van der Waals surface area contributed by atoms with Crippen LogP contribution in [0.4, 0.5) is 8.78 Å². The second-order valence-corrected chi connectivity index (χ2v) is 5.63. The first kappa shape index (κ1) is 15.6. The zero-order valence-corrected chi connectivity index (χ0v) is 12.6. The Labute approximate surface area is 124 Å². The molecule has 0 bridgehead atoms. The number of benzene rings is 1. The minimum absolute atomic E-state index is 0.0307. The lowest BCUT2D eigenvalue weighted by Gasteiger charge is -2.11. The summed E-state index contributed by atoms with van der Waals surface area (Å²) < 4.78 is 28.1. The van der Waals surface area contributed by atoms with Crippen LogP contribution in [0.5, 0.6) is 0 Å². The number of halogens is 2. The highest BCUT2D eigenvalue weighted by Crippen LogP contribution is 2.26. The molecule has 0 amide bonds. The largest absolute Gasteiger partial charge is 0.312 e. The molecule has 0 fully saturated rings. The fourth-order valence-electron chi connectivity index (χ4n) is 2.22. The Morgan fingerprint density at radius 1 is 1.29 bits per heavy atom. The van der Waals surface area contributed by atoms with E-state index in [1.165, 1.54) is 10.9 Å². The van der Waals surface area contributed by atoms with Gasteiger partial charge in [0.2, 0.25) is 0 Å². The summed E-state index contributed by atoms with van der Waals surface area (Å²) in [6, 6.07) is 7.42. The van der Waals surface area contributed by atoms with Gasteiger partial charge in [-0.1, -0.05) is 26.0 Å². The van der Waals surface area contributed by atoms with Crippen LogP contribution in [0, 0.1) is 12.8 Å². The van der Waals surface area contributed by atoms with Crippen molar-refractivity contribution in [3.05, 3.63) is 47.3 Å². The average Bonchev–Trinajstić information content (AvgIpc) is 2.82. The third-order valence-corrected chi connectivity index (χ3v) is 3.21. The van der Waals surface area contributed by atoms with Crippen molar-refractivity contribution in [2.45, 2.75) is 33.7 Å². The van der Waals surface area contributed by atoms with E-state index < -0.39 is 6.43 Å². The Morgan fingerprint density at radius 3 is 2.67 bits per heavy atom. The minimum atomic E-state index is -2.55. The van der Waals surface area contributed by atoms with Crippen molar-refractivity contribution in [1.82, 2.24) is 15.1 Å². The highest BCUT2D eigenvalue weighted by atomic mass is 19.3. The quantitative estimate of drug-likeness (QED) is 0.876. The van der Waals surface area contributed by atoms with Gasteiger partial charge in [0.25, 0.3) is 6.43 Å². The molecule has 114 valence electrons. The van der Waals surface area contributed by atoms with E-state index in [1.807, 2.05) is 25.1 Å². The minimum Gasteiger partial charge on any atom is -0.312 e. The third-order valence-electron chi connectivity index (χ3n) is 3.21. The van der Waals surface area contributed by atoms with Crippen LogP contribution < -0.4 is 5.32 Å². The van der Waals surface area contributed by atoms with Crippen molar-refractivity contribution in [3.8, 4) is 5.69 Å². The number of rotatable bonds is 6. The average molecular weight is 293 g/mol. The monoisotopic (exact) mass is 293 g/mol. The number of hydrogen-bond acceptors (Lipinski definition) is 2. The summed E-state index contributed by atoms with van der Waals surface area (Å²) in [5.41, 5.74) is 2.20. The summed E-state index contributed by atoms with van der Waals surface area (Å²) in [6.45, 7) is 7.29. The zero-order valence-electron chi connectivity index (χ0n) is 12.6. The normalized spacial score (nSPS) is 11.6. The fraction of sp³-hybridized carbons (Fsp3) is 0.438. The van der Waals surface area contributed by atoms with Gasteiger partial charge in [-0.2, -0.15) is 5.10 Å². The van der Waals surface area contributed by atoms with E-state index in [4.69, 9.17) is 0 Å². The predicted molar refractivity (Wildman–Crippen MR) is 79.8 cm³/mol. The lowest BCUT2D eigenvalue weighted by Crippen LogP contribution is -2.19. The van der Waals surface area contributed by atoms with E-state index in [0.29, 0.717) is 23.7 Å². The lowest BCUT2D eigenvalue weighted by atomic mass is 10.2. The van der Waals surface area contributed by atoms with E-state index in [2.05, 4.69) is 24.3 Å². The van der Waals surface area contributed by atoms with Crippen LogP contribution in [-0.2, 0) is 6.54 Å². The van der Waals surface area contributed by atoms with Gasteiger partial charge in [0.15, 0.2) is 0 Å². The summed E-state index contributed by atoms with van der Waals surface area (Å²) in [6.07, 6.45) is -1.03. The van der Waals surface area contributed by atoms with Gasteiger partial charge in [0.05, 0.1) is 11.9 Å². The molecule has 0 unspecified atom stereocenters. The van der Waals surface area contributed by atoms with Gasteiger partial charge < -0.3 is 5.32 Å². The number of nitrogens with one attached hydrogen (secondary N) is 1. The van der Waals surface area contributed by atoms with Crippen molar-refractivity contribution in [2.75, 3.05) is 6.54 Å². The van der Waals surface area contributed by atoms with Crippen LogP contribution in [0.15, 0.2) is 30.5 Å². The second-order valence-electron chi connectivity index (χ2n) is 5.63. The number of aryl methyl sites for hydroxylation is 1. The highest BCUT2D eigenvalue weighted by molar-refractivity contribution is 5.38. The topological polar surface area (TPSA) is 29.9 Å². The molecule has 0 radical (unpaired) electrons. The first-order chi connectivity index (χ1) is 9.99. The third kappa shape index (κ3) is 3.88. The summed E-state index contributed by atoms with van der Waals surface area (Å²) >= 11 is 0. The summed E-state index contributed by atoms with van der Waals surface area (Å²) in [5.74, 6) is 0.479. The van der Waals surface area contributed by atoms with Crippen LogP contribution in [0.3, 0.4) is 0 Å². The Balaban J connectivity index is 2.28. The zero-order chi connectivity index (χ0) is 15.4. The molecule has 2 rings (SSSR count). The first-order valence-electron chi connectivity index (χ1n) is 7.11. The molecule has 0 atom stereocenters. The van der Waals surface area contributed by atoms with Gasteiger partial charge in [-0.3, -0.25) is 0 Å². The van der Waals surface area contributed by atoms with Gasteiger partial charge in [0, 0.05) is 12.1 Å². The van der Waals surface area contributed by atoms with E-state index >= 15 is 0 Å². The molecule has 0 aliphatic rings. The summed E-state index contributed by atoms with van der Waals surface area (Å²) in [7, 11) is 0. The molecule has 0 aliphatic carbocycles. The smallest absolute Gasteiger partial charge is 0.280 e. The SMILES string of the molecule is Cc1cccc(-n2ncc(CNCC(C)C)c2C(F)F)c1. The number of alkyl halides is 2. The fourth-order valence-corrected chi connectivity index (χ4v) is 2.22. The summed E-state index contributed by atoms with van der Waals surface area (Å²) in [5, 5.41) is 7.33. The van der Waals surface area contributed by atoms with Crippen LogP contribution in [0.25, 0.3) is 5.69 Å². The second kappa shape index (κ2) is 6.80. The van der Waals surface area contributed by atoms with Gasteiger partial charge in [0.1, 0.15) is 5.69 Å². The standard InChI is InChI=1S/C16H21F2N3/c1-11(2)8-19-9-13-10-20-21(15(13)16(17)18)14-6-4-5-12(3)7-14/h4-7,10-11,16,19H,8-9H2,1-3H3. The van der Waals surface area contributed by atoms with Crippen molar-refractivity contribution in [2.24, 2.45) is 5.92 Å². The van der Waals surface area contributed by atoms with E-state index in [1.54, 1.807) is 6.07 Å². The van der Waals surface area contributed by atoms with E-state index in [-0.39, 0.29) is 5.69 Å². The van der Waals surface area contributed by atoms with Crippen molar-refractivity contribution in [3.63, 3.8) is 0 Å². The maximum Gasteiger partial charge on any atom is 0.280 e. The number of aromatic nitrogens is 2. The highest BCUT2D eigenvalue weighted by Gasteiger charge is 2.20. The molecule has 1 aromatic carbocycles. The molecule has 3 nitrogen and oxygen atoms in total. The molecular weight excluding hydrogens is 272 g/mol. The molecule has 1 heterocycles. The van der Waals surface area contributed by atoms with Crippen molar-refractivity contribution in [1.29, 1.82) is 0 Å². The van der Waals surface area contributed by atoms with Crippen LogP contribution in [0.1, 0.15) is 37.1 Å². The Bertz CT molecular complexity index is 591. The predicted octanol–water partition coefficient (Wildman–Crippen LogP) is 3.86. The molecule has 0 saturated carbocycles. The Hall–Kier alpha value is -1.75. The maximum atomic E-state index is 13.4. The molecule has 1 N–H and O–H groups in total. The van der Waals surface area contributed by atoms with Crippen LogP contribution in [-0.4, -0.2) is 16.3 Å². The Morgan fingerprint density at radius 2 is 2.05 bits per heavy atom. The molecule has 2 aromatic rings. The van der Waals surface area contributed by atoms with Gasteiger partial charge >= 0.3 is 0 Å². The van der Waals surface area contributed by atoms with E-state index in [0.717, 1.165) is 12.1 Å². The number of nitrogens with zero attached hydrogens (tertiary/aromatic N) is 2. The van der Waals surface area contributed by atoms with Gasteiger partial charge in [-0.15, -0.1) is 0 Å². The maximum absolute atomic E-state index is 13.4. The lowest BCUT2D eigenvalue weighted by molar-refractivity contribution is 0.141. The van der Waals surface area contributed by atoms with Gasteiger partial charge in [-0.05, 0) is 37.1 Å². The first-order valence-corrected chi connectivity index (χ1v) is 7.11. The molecule has 0 aliphatic heterocycles. The van der Waals surface area contributed by atoms with E-state index in [9.17, 15) is 8.78 Å². The Kier molecular flexibility index (Phi) is 5.07. The molecular formula is C16H21F2N3. The van der Waals surface area contributed by atoms with Crippen LogP contribution >= 0.6 is 0 Å². The van der Waals surface area contributed by atoms with Crippen LogP contribution in [0.2, 0.25) is 0 Å². The molecule has 5 heteroatoms. The van der Waals surface area contributed by atoms with Crippen molar-refractivity contribution < 1.29 is 8.78 Å². The molecule has 1 aromatic heterocycles. The summed E-state index contributed by atoms with van der Waals surface area (Å²) in [4.78, 5) is 0. The van der Waals surface area contributed by atoms with Gasteiger partial charge in [-0.25, -0.2) is 13.5 Å². The molecule has 21 heavy (non-hydrogen) atoms. The number of hydrogen-bond donors (Lipinski definition) is 1. The molecule has 0 saturated heterocycles. The van der Waals surface area contributed by atoms with Crippen molar-refractivity contribution >= 4 is 0 Å². The molecule has 0 spiro atoms.